The summed E-state index contributed by atoms with van der Waals surface area (Å²) < 4.78 is 34.6. The third kappa shape index (κ3) is 5.18. The number of hydrogen-bond acceptors (Lipinski definition) is 5. The molecule has 0 aliphatic heterocycles. The number of ether oxygens (including phenoxy) is 1. The molecule has 0 spiro atoms. The number of pyridine rings is 1. The lowest BCUT2D eigenvalue weighted by Crippen LogP contribution is -2.27. The molecule has 0 unspecified atom stereocenters. The van der Waals surface area contributed by atoms with Crippen LogP contribution in [0.15, 0.2) is 41.5 Å². The van der Waals surface area contributed by atoms with Gasteiger partial charge in [0.05, 0.1) is 30.1 Å². The lowest BCUT2D eigenvalue weighted by molar-refractivity contribution is 0.0518. The first-order chi connectivity index (χ1) is 14.5. The van der Waals surface area contributed by atoms with Gasteiger partial charge in [-0.15, -0.1) is 0 Å². The van der Waals surface area contributed by atoms with Crippen LogP contribution in [-0.4, -0.2) is 31.0 Å². The second kappa shape index (κ2) is 8.60. The van der Waals surface area contributed by atoms with E-state index >= 15 is 0 Å². The number of aryl methyl sites for hydroxylation is 1. The predicted octanol–water partition coefficient (Wildman–Crippen LogP) is 3.65. The lowest BCUT2D eigenvalue weighted by atomic mass is 10.1. The second-order valence-corrected chi connectivity index (χ2v) is 8.03. The highest BCUT2D eigenvalue weighted by molar-refractivity contribution is 6.31. The summed E-state index contributed by atoms with van der Waals surface area (Å²) in [6, 6.07) is 4.57. The van der Waals surface area contributed by atoms with Crippen molar-refractivity contribution in [2.75, 3.05) is 0 Å². The second-order valence-electron chi connectivity index (χ2n) is 7.65. The van der Waals surface area contributed by atoms with E-state index in [0.717, 1.165) is 16.8 Å². The predicted molar refractivity (Wildman–Crippen MR) is 110 cm³/mol. The summed E-state index contributed by atoms with van der Waals surface area (Å²) in [5.74, 6) is -1.89. The van der Waals surface area contributed by atoms with Crippen molar-refractivity contribution in [2.45, 2.75) is 39.4 Å². The van der Waals surface area contributed by atoms with Gasteiger partial charge in [-0.05, 0) is 32.9 Å². The van der Waals surface area contributed by atoms with Crippen LogP contribution in [0, 0.1) is 18.6 Å². The molecular formula is C21H20ClF2N3O4. The van der Waals surface area contributed by atoms with Crippen molar-refractivity contribution < 1.29 is 23.4 Å². The first-order valence-electron chi connectivity index (χ1n) is 9.26. The molecule has 164 valence electrons. The maximum absolute atomic E-state index is 13.8. The van der Waals surface area contributed by atoms with Crippen LogP contribution in [0.2, 0.25) is 5.02 Å². The third-order valence-electron chi connectivity index (χ3n) is 4.36. The van der Waals surface area contributed by atoms with Gasteiger partial charge >= 0.3 is 0 Å². The minimum atomic E-state index is -1.21. The van der Waals surface area contributed by atoms with Crippen molar-refractivity contribution in [2.24, 2.45) is 0 Å². The molecule has 0 atom stereocenters. The summed E-state index contributed by atoms with van der Waals surface area (Å²) >= 11 is 6.17. The number of aromatic nitrogens is 3. The fourth-order valence-corrected chi connectivity index (χ4v) is 3.11. The number of rotatable bonds is 6. The number of aliphatic hydroxyl groups is 1. The highest BCUT2D eigenvalue weighted by Crippen LogP contribution is 2.25. The Balaban J connectivity index is 1.87. The molecule has 2 aromatic heterocycles. The molecule has 31 heavy (non-hydrogen) atoms. The van der Waals surface area contributed by atoms with E-state index in [9.17, 15) is 23.5 Å². The van der Waals surface area contributed by atoms with Crippen LogP contribution in [0.1, 0.15) is 36.3 Å². The van der Waals surface area contributed by atoms with E-state index in [2.05, 4.69) is 5.10 Å². The molecule has 1 aromatic carbocycles. The molecule has 0 aliphatic carbocycles. The van der Waals surface area contributed by atoms with Crippen molar-refractivity contribution in [1.29, 1.82) is 0 Å². The van der Waals surface area contributed by atoms with Gasteiger partial charge in [-0.3, -0.25) is 14.2 Å². The highest BCUT2D eigenvalue weighted by Gasteiger charge is 2.21. The molecule has 0 saturated heterocycles. The summed E-state index contributed by atoms with van der Waals surface area (Å²) in [4.78, 5) is 25.0. The topological polar surface area (TPSA) is 86.4 Å². The Kier molecular flexibility index (Phi) is 6.28. The average molecular weight is 452 g/mol. The van der Waals surface area contributed by atoms with Gasteiger partial charge in [-0.25, -0.2) is 13.5 Å². The Bertz CT molecular complexity index is 1200. The molecule has 0 saturated carbocycles. The first-order valence-corrected chi connectivity index (χ1v) is 9.63. The number of carbonyl (C=O) groups is 1. The van der Waals surface area contributed by atoms with Crippen LogP contribution < -0.4 is 10.3 Å². The molecule has 0 fully saturated rings. The highest BCUT2D eigenvalue weighted by atomic mass is 35.5. The number of halogens is 3. The Morgan fingerprint density at radius 1 is 1.29 bits per heavy atom. The normalized spacial score (nSPS) is 11.6. The summed E-state index contributed by atoms with van der Waals surface area (Å²) in [5.41, 5.74) is -0.998. The maximum Gasteiger partial charge on any atom is 0.277 e. The molecule has 0 amide bonds. The van der Waals surface area contributed by atoms with Crippen LogP contribution in [0.5, 0.6) is 5.75 Å². The zero-order chi connectivity index (χ0) is 22.9. The first kappa shape index (κ1) is 22.6. The van der Waals surface area contributed by atoms with Gasteiger partial charge in [0.1, 0.15) is 29.0 Å². The van der Waals surface area contributed by atoms with E-state index in [0.29, 0.717) is 11.4 Å². The fourth-order valence-electron chi connectivity index (χ4n) is 2.92. The number of carbonyl (C=O) groups excluding carboxylic acids is 1. The number of nitrogens with zero attached hydrogens (tertiary/aromatic N) is 3. The maximum atomic E-state index is 13.8. The van der Waals surface area contributed by atoms with Gasteiger partial charge < -0.3 is 9.84 Å². The Hall–Kier alpha value is -3.04. The molecule has 0 bridgehead atoms. The minimum Gasteiger partial charge on any atom is -0.487 e. The van der Waals surface area contributed by atoms with E-state index in [1.165, 1.54) is 42.9 Å². The third-order valence-corrected chi connectivity index (χ3v) is 4.71. The van der Waals surface area contributed by atoms with Crippen molar-refractivity contribution in [1.82, 2.24) is 14.3 Å². The van der Waals surface area contributed by atoms with Crippen molar-refractivity contribution in [3.05, 3.63) is 74.9 Å². The van der Waals surface area contributed by atoms with E-state index in [4.69, 9.17) is 16.3 Å². The average Bonchev–Trinajstić information content (AvgIpc) is 3.13. The quantitative estimate of drug-likeness (QED) is 0.618. The Morgan fingerprint density at radius 3 is 2.65 bits per heavy atom. The molecular weight excluding hydrogens is 432 g/mol. The van der Waals surface area contributed by atoms with Crippen LogP contribution in [0.25, 0.3) is 5.69 Å². The molecule has 3 aromatic rings. The minimum absolute atomic E-state index is 0.0367. The van der Waals surface area contributed by atoms with E-state index < -0.39 is 28.7 Å². The molecule has 0 aliphatic rings. The zero-order valence-electron chi connectivity index (χ0n) is 17.0. The van der Waals surface area contributed by atoms with Crippen LogP contribution >= 0.6 is 11.6 Å². The van der Waals surface area contributed by atoms with E-state index in [1.807, 2.05) is 0 Å². The van der Waals surface area contributed by atoms with Crippen molar-refractivity contribution >= 4 is 17.5 Å². The van der Waals surface area contributed by atoms with Crippen LogP contribution in [0.4, 0.5) is 8.78 Å². The Labute approximate surface area is 181 Å². The van der Waals surface area contributed by atoms with Gasteiger partial charge in [0, 0.05) is 23.4 Å². The van der Waals surface area contributed by atoms with Crippen molar-refractivity contribution in [3.8, 4) is 11.4 Å². The summed E-state index contributed by atoms with van der Waals surface area (Å²) in [7, 11) is 0. The smallest absolute Gasteiger partial charge is 0.277 e. The molecule has 2 heterocycles. The Morgan fingerprint density at radius 2 is 2.00 bits per heavy atom. The largest absolute Gasteiger partial charge is 0.487 e. The van der Waals surface area contributed by atoms with Crippen molar-refractivity contribution in [3.63, 3.8) is 0 Å². The standard InChI is InChI=1S/C21H20ClF2N3O4/c1-12-6-17(31-11-13-4-5-14(23)7-16(13)24)19(22)20(29)27(12)15-9-25-26(10-15)18(28)8-21(2,3)30/h4-7,9-10,30H,8,11H2,1-3H3. The number of hydrogen-bond donors (Lipinski definition) is 1. The molecule has 0 radical (unpaired) electrons. The summed E-state index contributed by atoms with van der Waals surface area (Å²) in [6.45, 7) is 4.37. The van der Waals surface area contributed by atoms with Gasteiger partial charge in [-0.1, -0.05) is 11.6 Å². The molecule has 7 nitrogen and oxygen atoms in total. The monoisotopic (exact) mass is 451 g/mol. The molecule has 1 N–H and O–H groups in total. The van der Waals surface area contributed by atoms with Crippen LogP contribution in [-0.2, 0) is 6.61 Å². The van der Waals surface area contributed by atoms with E-state index in [1.54, 1.807) is 6.92 Å². The van der Waals surface area contributed by atoms with Gasteiger partial charge in [-0.2, -0.15) is 5.10 Å². The van der Waals surface area contributed by atoms with Gasteiger partial charge in [0.25, 0.3) is 5.56 Å². The summed E-state index contributed by atoms with van der Waals surface area (Å²) in [5, 5.41) is 13.5. The fraction of sp³-hybridized carbons (Fsp3) is 0.286. The van der Waals surface area contributed by atoms with Gasteiger partial charge in [0.15, 0.2) is 0 Å². The summed E-state index contributed by atoms with van der Waals surface area (Å²) in [6.07, 6.45) is 2.52. The number of benzene rings is 1. The molecule has 10 heteroatoms. The van der Waals surface area contributed by atoms with E-state index in [-0.39, 0.29) is 29.4 Å². The lowest BCUT2D eigenvalue weighted by Gasteiger charge is -2.15. The molecule has 3 rings (SSSR count). The van der Waals surface area contributed by atoms with Gasteiger partial charge in [0.2, 0.25) is 5.91 Å². The SMILES string of the molecule is Cc1cc(OCc2ccc(F)cc2F)c(Cl)c(=O)n1-c1cnn(C(=O)CC(C)(C)O)c1. The van der Waals surface area contributed by atoms with Crippen LogP contribution in [0.3, 0.4) is 0 Å². The zero-order valence-corrected chi connectivity index (χ0v) is 17.8.